The van der Waals surface area contributed by atoms with E-state index in [1.165, 1.54) is 4.90 Å². The van der Waals surface area contributed by atoms with Crippen LogP contribution in [0.5, 0.6) is 11.5 Å². The molecule has 300 valence electrons. The summed E-state index contributed by atoms with van der Waals surface area (Å²) in [5.74, 6) is 0.816. The van der Waals surface area contributed by atoms with Gasteiger partial charge in [-0.15, -0.1) is 10.1 Å². The van der Waals surface area contributed by atoms with Crippen LogP contribution in [0, 0.1) is 15.5 Å². The number of rotatable bonds is 21. The number of nitrogens with zero attached hydrogens (tertiary/aromatic N) is 3. The fourth-order valence-electron chi connectivity index (χ4n) is 7.22. The third kappa shape index (κ3) is 12.4. The van der Waals surface area contributed by atoms with Gasteiger partial charge in [0.1, 0.15) is 18.1 Å². The van der Waals surface area contributed by atoms with Gasteiger partial charge in [0.25, 0.3) is 5.09 Å². The van der Waals surface area contributed by atoms with Crippen LogP contribution in [-0.2, 0) is 35.2 Å². The molecule has 15 heteroatoms. The lowest BCUT2D eigenvalue weighted by Crippen LogP contribution is -2.64. The molecule has 0 aromatic heterocycles. The molecule has 15 nitrogen and oxygen atoms in total. The molecule has 1 saturated heterocycles. The van der Waals surface area contributed by atoms with E-state index < -0.39 is 34.8 Å². The number of methoxy groups -OCH3 is 2. The van der Waals surface area contributed by atoms with E-state index in [2.05, 4.69) is 15.8 Å². The van der Waals surface area contributed by atoms with Crippen molar-refractivity contribution in [2.75, 3.05) is 71.8 Å². The van der Waals surface area contributed by atoms with E-state index in [1.54, 1.807) is 14.2 Å². The number of benzene rings is 2. The third-order valence-electron chi connectivity index (χ3n) is 9.72. The maximum Gasteiger partial charge on any atom is 0.407 e. The molecular weight excluding hydrogens is 702 g/mol. The average Bonchev–Trinajstić information content (AvgIpc) is 3.14. The van der Waals surface area contributed by atoms with Gasteiger partial charge >= 0.3 is 12.1 Å². The van der Waals surface area contributed by atoms with Gasteiger partial charge in [0.15, 0.2) is 0 Å². The molecule has 0 aliphatic carbocycles. The standard InChI is InChI=1S/C39H57N3O12/c1-39(2,3)37-36(53-27-28-12-17-32-31(25-28)40(19-24-51-32)18-9-20-48-4)35(29-13-15-30(49-5)16-14-29)33(26-41(37)38(44)45)50-21-10-22-52-34(43)11-7-6-8-23-54-42(46)47/h12-17,25,33,35-37H,6-11,18-24,26-27H2,1-5H3,(H,44,45)/t33-,35+,36-,37?/m1/s1. The summed E-state index contributed by atoms with van der Waals surface area (Å²) in [6, 6.07) is 13.3. The predicted molar refractivity (Wildman–Crippen MR) is 200 cm³/mol. The van der Waals surface area contributed by atoms with Gasteiger partial charge in [0.2, 0.25) is 0 Å². The summed E-state index contributed by atoms with van der Waals surface area (Å²) < 4.78 is 35.5. The lowest BCUT2D eigenvalue weighted by atomic mass is 9.71. The highest BCUT2D eigenvalue weighted by molar-refractivity contribution is 5.69. The number of unbranched alkanes of at least 4 members (excludes halogenated alkanes) is 2. The van der Waals surface area contributed by atoms with E-state index >= 15 is 0 Å². The summed E-state index contributed by atoms with van der Waals surface area (Å²) in [4.78, 5) is 43.5. The number of esters is 1. The number of carboxylic acid groups (broad SMARTS) is 1. The Bertz CT molecular complexity index is 1480. The van der Waals surface area contributed by atoms with Crippen LogP contribution in [0.4, 0.5) is 10.5 Å². The minimum Gasteiger partial charge on any atom is -0.497 e. The molecule has 54 heavy (non-hydrogen) atoms. The first-order valence-electron chi connectivity index (χ1n) is 18.7. The van der Waals surface area contributed by atoms with Crippen LogP contribution < -0.4 is 14.4 Å². The predicted octanol–water partition coefficient (Wildman–Crippen LogP) is 6.10. The maximum atomic E-state index is 12.9. The molecule has 0 spiro atoms. The highest BCUT2D eigenvalue weighted by atomic mass is 16.9. The van der Waals surface area contributed by atoms with Crippen molar-refractivity contribution >= 4 is 17.7 Å². The fourth-order valence-corrected chi connectivity index (χ4v) is 7.22. The summed E-state index contributed by atoms with van der Waals surface area (Å²) in [5.41, 5.74) is 2.38. The van der Waals surface area contributed by atoms with Crippen molar-refractivity contribution in [3.05, 3.63) is 63.7 Å². The van der Waals surface area contributed by atoms with Gasteiger partial charge in [-0.1, -0.05) is 45.4 Å². The van der Waals surface area contributed by atoms with Crippen molar-refractivity contribution in [3.63, 3.8) is 0 Å². The molecule has 1 amide bonds. The highest BCUT2D eigenvalue weighted by Crippen LogP contribution is 2.43. The van der Waals surface area contributed by atoms with Crippen LogP contribution in [0.2, 0.25) is 0 Å². The van der Waals surface area contributed by atoms with Gasteiger partial charge < -0.3 is 43.3 Å². The summed E-state index contributed by atoms with van der Waals surface area (Å²) in [7, 11) is 3.31. The van der Waals surface area contributed by atoms with E-state index in [1.807, 2.05) is 57.2 Å². The molecule has 0 saturated carbocycles. The second-order valence-electron chi connectivity index (χ2n) is 14.7. The molecule has 4 rings (SSSR count). The quantitative estimate of drug-likeness (QED) is 0.0672. The summed E-state index contributed by atoms with van der Waals surface area (Å²) in [5, 5.41) is 20.0. The summed E-state index contributed by atoms with van der Waals surface area (Å²) in [6.45, 7) is 9.68. The zero-order valence-corrected chi connectivity index (χ0v) is 32.2. The van der Waals surface area contributed by atoms with Crippen molar-refractivity contribution in [1.29, 1.82) is 0 Å². The lowest BCUT2D eigenvalue weighted by Gasteiger charge is -2.52. The van der Waals surface area contributed by atoms with Crippen molar-refractivity contribution in [2.45, 2.75) is 90.1 Å². The zero-order chi connectivity index (χ0) is 39.1. The van der Waals surface area contributed by atoms with E-state index in [0.29, 0.717) is 44.6 Å². The van der Waals surface area contributed by atoms with Crippen LogP contribution in [0.15, 0.2) is 42.5 Å². The van der Waals surface area contributed by atoms with Crippen LogP contribution in [-0.4, -0.2) is 112 Å². The minimum absolute atomic E-state index is 0.00232. The first kappa shape index (κ1) is 42.4. The minimum atomic E-state index is -1.05. The first-order valence-corrected chi connectivity index (χ1v) is 18.7. The number of carbonyl (C=O) groups is 2. The number of anilines is 1. The Kier molecular flexibility index (Phi) is 16.4. The molecule has 1 N–H and O–H groups in total. The van der Waals surface area contributed by atoms with E-state index in [4.69, 9.17) is 28.4 Å². The number of carbonyl (C=O) groups excluding carboxylic acids is 1. The first-order chi connectivity index (χ1) is 25.9. The normalized spacial score (nSPS) is 19.8. The van der Waals surface area contributed by atoms with Crippen molar-refractivity contribution in [1.82, 2.24) is 4.90 Å². The maximum absolute atomic E-state index is 12.9. The van der Waals surface area contributed by atoms with Gasteiger partial charge in [-0.2, -0.15) is 0 Å². The molecule has 2 aliphatic rings. The molecule has 0 bridgehead atoms. The Morgan fingerprint density at radius 2 is 1.74 bits per heavy atom. The molecular formula is C39H57N3O12. The molecule has 4 atom stereocenters. The van der Waals surface area contributed by atoms with Crippen LogP contribution in [0.25, 0.3) is 0 Å². The van der Waals surface area contributed by atoms with E-state index in [-0.39, 0.29) is 51.3 Å². The molecule has 1 unspecified atom stereocenters. The Labute approximate surface area is 317 Å². The van der Waals surface area contributed by atoms with Gasteiger partial charge in [0.05, 0.1) is 70.6 Å². The molecule has 0 radical (unpaired) electrons. The molecule has 2 aromatic carbocycles. The molecule has 1 fully saturated rings. The van der Waals surface area contributed by atoms with Gasteiger partial charge in [0, 0.05) is 39.0 Å². The second kappa shape index (κ2) is 20.9. The Morgan fingerprint density at radius 3 is 2.43 bits per heavy atom. The Balaban J connectivity index is 1.51. The number of hydrogen-bond acceptors (Lipinski definition) is 12. The monoisotopic (exact) mass is 759 g/mol. The van der Waals surface area contributed by atoms with Crippen LogP contribution in [0.1, 0.15) is 76.3 Å². The third-order valence-corrected chi connectivity index (χ3v) is 9.72. The molecule has 2 heterocycles. The highest BCUT2D eigenvalue weighted by Gasteiger charge is 2.51. The Morgan fingerprint density at radius 1 is 0.963 bits per heavy atom. The van der Waals surface area contributed by atoms with E-state index in [9.17, 15) is 24.8 Å². The number of piperidine rings is 1. The van der Waals surface area contributed by atoms with Crippen molar-refractivity contribution in [3.8, 4) is 11.5 Å². The SMILES string of the molecule is COCCCN1CCOc2ccc(CO[C@H]3C(C(C)(C)C)N(C(=O)O)C[C@@H](OCCCOC(=O)CCCCCO[N+](=O)[O-])[C@@H]3c3ccc(OC)cc3)cc21. The number of fused-ring (bicyclic) bond motifs is 1. The number of amides is 1. The number of likely N-dealkylation sites (tertiary alicyclic amines) is 1. The van der Waals surface area contributed by atoms with Gasteiger partial charge in [-0.05, 0) is 60.1 Å². The fraction of sp³-hybridized carbons (Fsp3) is 0.641. The molecule has 2 aromatic rings. The van der Waals surface area contributed by atoms with Gasteiger partial charge in [-0.3, -0.25) is 9.69 Å². The van der Waals surface area contributed by atoms with E-state index in [0.717, 1.165) is 42.1 Å². The van der Waals surface area contributed by atoms with Crippen molar-refractivity contribution < 1.29 is 53.0 Å². The number of ether oxygens (including phenoxy) is 6. The van der Waals surface area contributed by atoms with Crippen molar-refractivity contribution in [2.24, 2.45) is 5.41 Å². The largest absolute Gasteiger partial charge is 0.497 e. The smallest absolute Gasteiger partial charge is 0.407 e. The molecule has 2 aliphatic heterocycles. The number of hydrogen-bond donors (Lipinski definition) is 1. The van der Waals surface area contributed by atoms with Crippen LogP contribution >= 0.6 is 0 Å². The van der Waals surface area contributed by atoms with Crippen LogP contribution in [0.3, 0.4) is 0 Å². The average molecular weight is 760 g/mol. The Hall–Kier alpha value is -4.34. The lowest BCUT2D eigenvalue weighted by molar-refractivity contribution is -0.757. The zero-order valence-electron chi connectivity index (χ0n) is 32.2. The topological polar surface area (TPSA) is 169 Å². The van der Waals surface area contributed by atoms with Gasteiger partial charge in [-0.25, -0.2) is 4.79 Å². The second-order valence-corrected chi connectivity index (χ2v) is 14.7. The summed E-state index contributed by atoms with van der Waals surface area (Å²) >= 11 is 0. The summed E-state index contributed by atoms with van der Waals surface area (Å²) in [6.07, 6.45) is 0.901.